The van der Waals surface area contributed by atoms with Crippen LogP contribution < -0.4 is 5.73 Å². The Morgan fingerprint density at radius 2 is 1.94 bits per heavy atom. The first-order valence-electron chi connectivity index (χ1n) is 6.51. The lowest BCUT2D eigenvalue weighted by Crippen LogP contribution is -2.12. The summed E-state index contributed by atoms with van der Waals surface area (Å²) in [5, 5.41) is 8.58. The molecule has 1 heterocycles. The largest absolute Gasteiger partial charge is 0.325 e. The van der Waals surface area contributed by atoms with Gasteiger partial charge in [-0.2, -0.15) is 0 Å². The van der Waals surface area contributed by atoms with Crippen molar-refractivity contribution in [2.24, 2.45) is 11.7 Å². The highest BCUT2D eigenvalue weighted by molar-refractivity contribution is 5.13. The Kier molecular flexibility index (Phi) is 2.67. The molecule has 2 saturated carbocycles. The maximum absolute atomic E-state index is 5.74. The van der Waals surface area contributed by atoms with E-state index in [0.717, 1.165) is 18.0 Å². The highest BCUT2D eigenvalue weighted by Gasteiger charge is 2.28. The topological polar surface area (TPSA) is 56.7 Å². The van der Waals surface area contributed by atoms with Crippen LogP contribution in [-0.4, -0.2) is 15.0 Å². The van der Waals surface area contributed by atoms with Crippen LogP contribution in [0.15, 0.2) is 0 Å². The lowest BCUT2D eigenvalue weighted by atomic mass is 10.1. The molecule has 4 heteroatoms. The minimum absolute atomic E-state index is 0.536. The maximum atomic E-state index is 5.74. The standard InChI is InChI=1S/C12H20N4/c13-8-11-12(7-9-5-6-9)16(15-14-11)10-3-1-2-4-10/h9-10H,1-8,13H2. The molecule has 0 saturated heterocycles. The van der Waals surface area contributed by atoms with Gasteiger partial charge in [-0.05, 0) is 38.0 Å². The Hall–Kier alpha value is -0.900. The Bertz CT molecular complexity index is 361. The van der Waals surface area contributed by atoms with Crippen LogP contribution in [0.2, 0.25) is 0 Å². The Morgan fingerprint density at radius 1 is 1.19 bits per heavy atom. The summed E-state index contributed by atoms with van der Waals surface area (Å²) in [5.74, 6) is 0.879. The second-order valence-electron chi connectivity index (χ2n) is 5.22. The molecule has 4 nitrogen and oxygen atoms in total. The van der Waals surface area contributed by atoms with E-state index in [1.807, 2.05) is 0 Å². The van der Waals surface area contributed by atoms with Crippen molar-refractivity contribution in [3.63, 3.8) is 0 Å². The minimum atomic E-state index is 0.536. The smallest absolute Gasteiger partial charge is 0.0994 e. The van der Waals surface area contributed by atoms with Gasteiger partial charge in [0, 0.05) is 6.54 Å². The highest BCUT2D eigenvalue weighted by Crippen LogP contribution is 2.36. The third kappa shape index (κ3) is 1.86. The summed E-state index contributed by atoms with van der Waals surface area (Å²) in [5.41, 5.74) is 8.10. The van der Waals surface area contributed by atoms with E-state index in [2.05, 4.69) is 15.0 Å². The van der Waals surface area contributed by atoms with Gasteiger partial charge in [0.25, 0.3) is 0 Å². The summed E-state index contributed by atoms with van der Waals surface area (Å²) in [4.78, 5) is 0. The molecular formula is C12H20N4. The highest BCUT2D eigenvalue weighted by atomic mass is 15.4. The van der Waals surface area contributed by atoms with Crippen LogP contribution >= 0.6 is 0 Å². The third-order valence-corrected chi connectivity index (χ3v) is 3.91. The zero-order chi connectivity index (χ0) is 11.0. The molecule has 2 N–H and O–H groups in total. The van der Waals surface area contributed by atoms with Crippen LogP contribution in [-0.2, 0) is 13.0 Å². The predicted octanol–water partition coefficient (Wildman–Crippen LogP) is 1.80. The quantitative estimate of drug-likeness (QED) is 0.841. The van der Waals surface area contributed by atoms with Crippen molar-refractivity contribution < 1.29 is 0 Å². The summed E-state index contributed by atoms with van der Waals surface area (Å²) in [6.07, 6.45) is 9.11. The van der Waals surface area contributed by atoms with Gasteiger partial charge in [0.2, 0.25) is 0 Å². The van der Waals surface area contributed by atoms with Crippen molar-refractivity contribution in [3.05, 3.63) is 11.4 Å². The predicted molar refractivity (Wildman–Crippen MR) is 61.8 cm³/mol. The van der Waals surface area contributed by atoms with E-state index >= 15 is 0 Å². The summed E-state index contributed by atoms with van der Waals surface area (Å²) in [6.45, 7) is 0.536. The third-order valence-electron chi connectivity index (χ3n) is 3.91. The zero-order valence-corrected chi connectivity index (χ0v) is 9.73. The van der Waals surface area contributed by atoms with Crippen molar-refractivity contribution in [1.29, 1.82) is 0 Å². The lowest BCUT2D eigenvalue weighted by molar-refractivity contribution is 0.435. The number of hydrogen-bond donors (Lipinski definition) is 1. The fourth-order valence-electron chi connectivity index (χ4n) is 2.75. The first kappa shape index (κ1) is 10.3. The van der Waals surface area contributed by atoms with Crippen molar-refractivity contribution >= 4 is 0 Å². The van der Waals surface area contributed by atoms with Crippen LogP contribution in [0.1, 0.15) is 56.0 Å². The second kappa shape index (κ2) is 4.17. The molecular weight excluding hydrogens is 200 g/mol. The molecule has 0 aromatic carbocycles. The van der Waals surface area contributed by atoms with E-state index in [4.69, 9.17) is 5.73 Å². The van der Waals surface area contributed by atoms with Gasteiger partial charge in [0.05, 0.1) is 17.4 Å². The maximum Gasteiger partial charge on any atom is 0.0994 e. The minimum Gasteiger partial charge on any atom is -0.325 e. The van der Waals surface area contributed by atoms with Crippen LogP contribution in [0.3, 0.4) is 0 Å². The van der Waals surface area contributed by atoms with Gasteiger partial charge < -0.3 is 5.73 Å². The number of aromatic nitrogens is 3. The van der Waals surface area contributed by atoms with E-state index in [1.54, 1.807) is 0 Å². The monoisotopic (exact) mass is 220 g/mol. The van der Waals surface area contributed by atoms with Crippen molar-refractivity contribution in [3.8, 4) is 0 Å². The Labute approximate surface area is 96.2 Å². The van der Waals surface area contributed by atoms with E-state index in [9.17, 15) is 0 Å². The number of nitrogens with zero attached hydrogens (tertiary/aromatic N) is 3. The van der Waals surface area contributed by atoms with Gasteiger partial charge in [0.1, 0.15) is 0 Å². The summed E-state index contributed by atoms with van der Waals surface area (Å²) in [7, 11) is 0. The van der Waals surface area contributed by atoms with E-state index in [-0.39, 0.29) is 0 Å². The van der Waals surface area contributed by atoms with Crippen molar-refractivity contribution in [2.45, 2.75) is 57.5 Å². The fourth-order valence-corrected chi connectivity index (χ4v) is 2.75. The molecule has 0 unspecified atom stereocenters. The van der Waals surface area contributed by atoms with E-state index in [0.29, 0.717) is 12.6 Å². The Morgan fingerprint density at radius 3 is 2.56 bits per heavy atom. The fraction of sp³-hybridized carbons (Fsp3) is 0.833. The molecule has 3 rings (SSSR count). The molecule has 2 aliphatic carbocycles. The van der Waals surface area contributed by atoms with Crippen LogP contribution in [0.25, 0.3) is 0 Å². The lowest BCUT2D eigenvalue weighted by Gasteiger charge is -2.13. The van der Waals surface area contributed by atoms with Crippen molar-refractivity contribution in [1.82, 2.24) is 15.0 Å². The number of nitrogens with two attached hydrogens (primary N) is 1. The molecule has 1 aromatic rings. The first-order valence-corrected chi connectivity index (χ1v) is 6.51. The van der Waals surface area contributed by atoms with Gasteiger partial charge in [-0.25, -0.2) is 4.68 Å². The molecule has 1 aromatic heterocycles. The first-order chi connectivity index (χ1) is 7.88. The summed E-state index contributed by atoms with van der Waals surface area (Å²) < 4.78 is 2.19. The molecule has 0 amide bonds. The van der Waals surface area contributed by atoms with Crippen LogP contribution in [0, 0.1) is 5.92 Å². The molecule has 0 atom stereocenters. The van der Waals surface area contributed by atoms with Gasteiger partial charge in [-0.15, -0.1) is 5.10 Å². The van der Waals surface area contributed by atoms with Crippen molar-refractivity contribution in [2.75, 3.05) is 0 Å². The average Bonchev–Trinajstić information content (AvgIpc) is 2.81. The molecule has 0 bridgehead atoms. The summed E-state index contributed by atoms with van der Waals surface area (Å²) in [6, 6.07) is 0.599. The molecule has 0 radical (unpaired) electrons. The van der Waals surface area contributed by atoms with Gasteiger partial charge in [-0.1, -0.05) is 18.1 Å². The van der Waals surface area contributed by atoms with Gasteiger partial charge >= 0.3 is 0 Å². The molecule has 16 heavy (non-hydrogen) atoms. The number of hydrogen-bond acceptors (Lipinski definition) is 3. The Balaban J connectivity index is 1.86. The zero-order valence-electron chi connectivity index (χ0n) is 9.73. The molecule has 2 aliphatic rings. The van der Waals surface area contributed by atoms with E-state index in [1.165, 1.54) is 44.2 Å². The molecule has 88 valence electrons. The second-order valence-corrected chi connectivity index (χ2v) is 5.22. The molecule has 2 fully saturated rings. The summed E-state index contributed by atoms with van der Waals surface area (Å²) >= 11 is 0. The number of rotatable bonds is 4. The average molecular weight is 220 g/mol. The van der Waals surface area contributed by atoms with Crippen LogP contribution in [0.4, 0.5) is 0 Å². The normalized spacial score (nSPS) is 21.8. The van der Waals surface area contributed by atoms with E-state index < -0.39 is 0 Å². The van der Waals surface area contributed by atoms with Gasteiger partial charge in [0.15, 0.2) is 0 Å². The SMILES string of the molecule is NCc1nnn(C2CCCC2)c1CC1CC1. The van der Waals surface area contributed by atoms with Crippen LogP contribution in [0.5, 0.6) is 0 Å². The molecule has 0 spiro atoms. The molecule has 0 aliphatic heterocycles. The van der Waals surface area contributed by atoms with Gasteiger partial charge in [-0.3, -0.25) is 0 Å².